The zero-order valence-electron chi connectivity index (χ0n) is 14.8. The van der Waals surface area contributed by atoms with Crippen LogP contribution in [0, 0.1) is 0 Å². The van der Waals surface area contributed by atoms with Crippen molar-refractivity contribution in [2.75, 3.05) is 31.8 Å². The minimum absolute atomic E-state index is 0.0112. The summed E-state index contributed by atoms with van der Waals surface area (Å²) >= 11 is 0. The number of anilines is 2. The number of benzene rings is 2. The molecule has 2 aromatic carbocycles. The Kier molecular flexibility index (Phi) is 4.75. The quantitative estimate of drug-likeness (QED) is 0.723. The fraction of sp³-hybridized carbons (Fsp3) is 0.235. The second-order valence-electron chi connectivity index (χ2n) is 6.07. The third-order valence-electron chi connectivity index (χ3n) is 3.88. The number of nitrogens with two attached hydrogens (primary N) is 1. The van der Waals surface area contributed by atoms with Gasteiger partial charge in [-0.25, -0.2) is 8.42 Å². The van der Waals surface area contributed by atoms with Crippen LogP contribution < -0.4 is 10.6 Å². The molecule has 0 saturated heterocycles. The molecule has 0 fully saturated rings. The summed E-state index contributed by atoms with van der Waals surface area (Å²) in [6, 6.07) is 12.7. The van der Waals surface area contributed by atoms with E-state index in [1.165, 1.54) is 11.4 Å². The van der Waals surface area contributed by atoms with Crippen LogP contribution >= 0.6 is 0 Å². The van der Waals surface area contributed by atoms with Crippen LogP contribution in [0.2, 0.25) is 0 Å². The molecule has 2 N–H and O–H groups in total. The molecule has 0 aliphatic heterocycles. The molecule has 0 aliphatic rings. The van der Waals surface area contributed by atoms with Gasteiger partial charge in [-0.2, -0.15) is 19.3 Å². The average molecular weight is 372 g/mol. The fourth-order valence-electron chi connectivity index (χ4n) is 2.49. The normalized spacial score (nSPS) is 11.8. The highest BCUT2D eigenvalue weighted by Gasteiger charge is 2.22. The summed E-state index contributed by atoms with van der Waals surface area (Å²) in [6.45, 7) is -0.0112. The van der Waals surface area contributed by atoms with Gasteiger partial charge in [0, 0.05) is 21.1 Å². The van der Waals surface area contributed by atoms with Gasteiger partial charge in [0.05, 0.1) is 11.4 Å². The largest absolute Gasteiger partial charge is 0.368 e. The van der Waals surface area contributed by atoms with Gasteiger partial charge in [0.15, 0.2) is 5.82 Å². The van der Waals surface area contributed by atoms with E-state index in [0.717, 1.165) is 10.8 Å². The van der Waals surface area contributed by atoms with Crippen molar-refractivity contribution in [2.45, 2.75) is 11.4 Å². The number of hydrogen-bond acceptors (Lipinski definition) is 7. The predicted octanol–water partition coefficient (Wildman–Crippen LogP) is 1.49. The molecule has 0 amide bonds. The summed E-state index contributed by atoms with van der Waals surface area (Å²) in [5, 5.41) is 1.84. The number of hydrogen-bond donors (Lipinski definition) is 1. The van der Waals surface area contributed by atoms with Crippen LogP contribution in [0.15, 0.2) is 47.4 Å². The molecule has 0 saturated carbocycles. The molecular weight excluding hydrogens is 352 g/mol. The molecule has 26 heavy (non-hydrogen) atoms. The molecule has 0 unspecified atom stereocenters. The van der Waals surface area contributed by atoms with Crippen molar-refractivity contribution in [1.82, 2.24) is 19.3 Å². The first-order chi connectivity index (χ1) is 12.3. The van der Waals surface area contributed by atoms with E-state index in [9.17, 15) is 8.42 Å². The van der Waals surface area contributed by atoms with Gasteiger partial charge in [-0.1, -0.05) is 30.3 Å². The van der Waals surface area contributed by atoms with E-state index in [1.807, 2.05) is 24.3 Å². The van der Waals surface area contributed by atoms with Crippen LogP contribution in [0.4, 0.5) is 11.9 Å². The Labute approximate surface area is 152 Å². The van der Waals surface area contributed by atoms with E-state index in [4.69, 9.17) is 5.73 Å². The van der Waals surface area contributed by atoms with Gasteiger partial charge < -0.3 is 10.6 Å². The second kappa shape index (κ2) is 6.85. The van der Waals surface area contributed by atoms with Crippen LogP contribution in [0.1, 0.15) is 5.82 Å². The maximum absolute atomic E-state index is 12.9. The van der Waals surface area contributed by atoms with Gasteiger partial charge in [0.2, 0.25) is 21.9 Å². The van der Waals surface area contributed by atoms with Crippen molar-refractivity contribution in [2.24, 2.45) is 0 Å². The smallest absolute Gasteiger partial charge is 0.243 e. The second-order valence-corrected chi connectivity index (χ2v) is 8.12. The minimum atomic E-state index is -3.70. The number of rotatable bonds is 5. The van der Waals surface area contributed by atoms with E-state index in [2.05, 4.69) is 15.0 Å². The third-order valence-corrected chi connectivity index (χ3v) is 5.68. The van der Waals surface area contributed by atoms with E-state index in [0.29, 0.717) is 5.95 Å². The van der Waals surface area contributed by atoms with Crippen LogP contribution in [0.3, 0.4) is 0 Å². The Morgan fingerprint density at radius 2 is 1.65 bits per heavy atom. The molecule has 0 bridgehead atoms. The standard InChI is InChI=1S/C17H20N6O2S/c1-22(2)17-20-15(19-16(18)21-17)11-23(3)26(24,25)14-9-8-12-6-4-5-7-13(12)10-14/h4-10H,11H2,1-3H3,(H2,18,19,20,21). The lowest BCUT2D eigenvalue weighted by molar-refractivity contribution is 0.456. The molecule has 9 heteroatoms. The number of sulfonamides is 1. The first-order valence-electron chi connectivity index (χ1n) is 7.90. The van der Waals surface area contributed by atoms with Crippen LogP contribution in [0.5, 0.6) is 0 Å². The summed E-state index contributed by atoms with van der Waals surface area (Å²) in [5.74, 6) is 0.715. The highest BCUT2D eigenvalue weighted by atomic mass is 32.2. The summed E-state index contributed by atoms with van der Waals surface area (Å²) < 4.78 is 27.0. The van der Waals surface area contributed by atoms with E-state index in [-0.39, 0.29) is 23.2 Å². The van der Waals surface area contributed by atoms with Gasteiger partial charge in [0.25, 0.3) is 0 Å². The first-order valence-corrected chi connectivity index (χ1v) is 9.34. The monoisotopic (exact) mass is 372 g/mol. The average Bonchev–Trinajstić information content (AvgIpc) is 2.60. The maximum atomic E-state index is 12.9. The SMILES string of the molecule is CN(C)c1nc(N)nc(CN(C)S(=O)(=O)c2ccc3ccccc3c2)n1. The lowest BCUT2D eigenvalue weighted by Crippen LogP contribution is -2.28. The molecular formula is C17H20N6O2S. The first kappa shape index (κ1) is 18.0. The number of nitrogens with zero attached hydrogens (tertiary/aromatic N) is 5. The topological polar surface area (TPSA) is 105 Å². The van der Waals surface area contributed by atoms with Crippen LogP contribution in [-0.4, -0.2) is 48.8 Å². The van der Waals surface area contributed by atoms with Gasteiger partial charge >= 0.3 is 0 Å². The molecule has 3 rings (SSSR count). The molecule has 3 aromatic rings. The number of nitrogen functional groups attached to an aromatic ring is 1. The molecule has 0 spiro atoms. The molecule has 0 atom stereocenters. The van der Waals surface area contributed by atoms with Gasteiger partial charge in [-0.3, -0.25) is 0 Å². The van der Waals surface area contributed by atoms with Crippen molar-refractivity contribution in [3.63, 3.8) is 0 Å². The molecule has 8 nitrogen and oxygen atoms in total. The lowest BCUT2D eigenvalue weighted by atomic mass is 10.1. The fourth-order valence-corrected chi connectivity index (χ4v) is 3.65. The molecule has 136 valence electrons. The molecule has 1 heterocycles. The van der Waals surface area contributed by atoms with Gasteiger partial charge in [-0.05, 0) is 22.9 Å². The Bertz CT molecular complexity index is 1050. The van der Waals surface area contributed by atoms with Crippen molar-refractivity contribution in [1.29, 1.82) is 0 Å². The third kappa shape index (κ3) is 3.58. The van der Waals surface area contributed by atoms with Crippen molar-refractivity contribution in [3.05, 3.63) is 48.3 Å². The summed E-state index contributed by atoms with van der Waals surface area (Å²) in [7, 11) is 1.33. The molecule has 1 aromatic heterocycles. The summed E-state index contributed by atoms with van der Waals surface area (Å²) in [6.07, 6.45) is 0. The number of aromatic nitrogens is 3. The van der Waals surface area contributed by atoms with Crippen molar-refractivity contribution < 1.29 is 8.42 Å². The summed E-state index contributed by atoms with van der Waals surface area (Å²) in [5.41, 5.74) is 5.70. The van der Waals surface area contributed by atoms with E-state index < -0.39 is 10.0 Å². The minimum Gasteiger partial charge on any atom is -0.368 e. The predicted molar refractivity (Wildman–Crippen MR) is 101 cm³/mol. The summed E-state index contributed by atoms with van der Waals surface area (Å²) in [4.78, 5) is 14.2. The number of fused-ring (bicyclic) bond motifs is 1. The highest BCUT2D eigenvalue weighted by molar-refractivity contribution is 7.89. The lowest BCUT2D eigenvalue weighted by Gasteiger charge is -2.18. The van der Waals surface area contributed by atoms with E-state index >= 15 is 0 Å². The molecule has 0 aliphatic carbocycles. The Hall–Kier alpha value is -2.78. The zero-order valence-corrected chi connectivity index (χ0v) is 15.6. The molecule has 0 radical (unpaired) electrons. The van der Waals surface area contributed by atoms with Crippen LogP contribution in [0.25, 0.3) is 10.8 Å². The maximum Gasteiger partial charge on any atom is 0.243 e. The zero-order chi connectivity index (χ0) is 18.9. The van der Waals surface area contributed by atoms with Crippen LogP contribution in [-0.2, 0) is 16.6 Å². The van der Waals surface area contributed by atoms with Crippen molar-refractivity contribution in [3.8, 4) is 0 Å². The van der Waals surface area contributed by atoms with Crippen molar-refractivity contribution >= 4 is 32.7 Å². The van der Waals surface area contributed by atoms with Gasteiger partial charge in [-0.15, -0.1) is 0 Å². The Morgan fingerprint density at radius 3 is 2.35 bits per heavy atom. The highest BCUT2D eigenvalue weighted by Crippen LogP contribution is 2.22. The van der Waals surface area contributed by atoms with E-state index in [1.54, 1.807) is 37.2 Å². The van der Waals surface area contributed by atoms with Gasteiger partial charge in [0.1, 0.15) is 0 Å². The Morgan fingerprint density at radius 1 is 0.962 bits per heavy atom. The Balaban J connectivity index is 1.91.